The summed E-state index contributed by atoms with van der Waals surface area (Å²) < 4.78 is 0. The molecule has 0 heterocycles. The minimum Gasteiger partial charge on any atom is -0.299 e. The summed E-state index contributed by atoms with van der Waals surface area (Å²) >= 11 is 6.05. The van der Waals surface area contributed by atoms with E-state index in [4.69, 9.17) is 11.6 Å². The SMILES string of the molecule is O=C(CC(c1ccc(Cl)cc1)C1CCCCCCC1=O)c1ccccc1. The topological polar surface area (TPSA) is 34.1 Å². The summed E-state index contributed by atoms with van der Waals surface area (Å²) in [7, 11) is 0. The maximum absolute atomic E-state index is 12.9. The summed E-state index contributed by atoms with van der Waals surface area (Å²) in [5.74, 6) is 0.251. The van der Waals surface area contributed by atoms with E-state index in [1.54, 1.807) is 0 Å². The van der Waals surface area contributed by atoms with Crippen molar-refractivity contribution >= 4 is 23.2 Å². The highest BCUT2D eigenvalue weighted by Crippen LogP contribution is 2.36. The van der Waals surface area contributed by atoms with Crippen LogP contribution in [-0.2, 0) is 4.79 Å². The number of carbonyl (C=O) groups excluding carboxylic acids is 2. The molecule has 0 spiro atoms. The summed E-state index contributed by atoms with van der Waals surface area (Å²) in [6.07, 6.45) is 6.19. The van der Waals surface area contributed by atoms with Gasteiger partial charge in [0.05, 0.1) is 0 Å². The standard InChI is InChI=1S/C23H25ClO2/c24-19-14-12-17(13-15-19)21(16-23(26)18-8-4-3-5-9-18)20-10-6-1-2-7-11-22(20)25/h3-5,8-9,12-15,20-21H,1-2,6-7,10-11,16H2. The lowest BCUT2D eigenvalue weighted by atomic mass is 9.75. The smallest absolute Gasteiger partial charge is 0.163 e. The van der Waals surface area contributed by atoms with Gasteiger partial charge >= 0.3 is 0 Å². The third-order valence-electron chi connectivity index (χ3n) is 5.39. The lowest BCUT2D eigenvalue weighted by Crippen LogP contribution is -2.26. The molecule has 2 aromatic carbocycles. The summed E-state index contributed by atoms with van der Waals surface area (Å²) in [5.41, 5.74) is 1.75. The van der Waals surface area contributed by atoms with Crippen LogP contribution in [0.25, 0.3) is 0 Å². The Morgan fingerprint density at radius 1 is 0.962 bits per heavy atom. The largest absolute Gasteiger partial charge is 0.299 e. The van der Waals surface area contributed by atoms with Crippen molar-refractivity contribution in [3.05, 3.63) is 70.7 Å². The van der Waals surface area contributed by atoms with Gasteiger partial charge in [0.2, 0.25) is 0 Å². The van der Waals surface area contributed by atoms with Crippen molar-refractivity contribution < 1.29 is 9.59 Å². The number of ketones is 2. The highest BCUT2D eigenvalue weighted by atomic mass is 35.5. The van der Waals surface area contributed by atoms with E-state index in [0.29, 0.717) is 29.2 Å². The molecule has 1 fully saturated rings. The van der Waals surface area contributed by atoms with Crippen molar-refractivity contribution in [2.75, 3.05) is 0 Å². The fourth-order valence-electron chi connectivity index (χ4n) is 3.93. The van der Waals surface area contributed by atoms with Gasteiger partial charge < -0.3 is 0 Å². The van der Waals surface area contributed by atoms with Gasteiger partial charge in [-0.15, -0.1) is 0 Å². The summed E-state index contributed by atoms with van der Waals surface area (Å²) in [6.45, 7) is 0. The number of hydrogen-bond acceptors (Lipinski definition) is 2. The van der Waals surface area contributed by atoms with Crippen LogP contribution < -0.4 is 0 Å². The van der Waals surface area contributed by atoms with Gasteiger partial charge in [-0.1, -0.05) is 73.3 Å². The molecule has 0 amide bonds. The Hall–Kier alpha value is -1.93. The molecule has 1 saturated carbocycles. The molecule has 1 aliphatic rings. The molecule has 136 valence electrons. The molecule has 0 aliphatic heterocycles. The first-order valence-corrected chi connectivity index (χ1v) is 9.89. The number of rotatable bonds is 5. The molecule has 3 rings (SSSR count). The van der Waals surface area contributed by atoms with Crippen LogP contribution in [-0.4, -0.2) is 11.6 Å². The van der Waals surface area contributed by atoms with E-state index in [0.717, 1.165) is 31.2 Å². The molecule has 1 aliphatic carbocycles. The fourth-order valence-corrected chi connectivity index (χ4v) is 4.06. The Morgan fingerprint density at radius 2 is 1.65 bits per heavy atom. The first-order chi connectivity index (χ1) is 12.6. The summed E-state index contributed by atoms with van der Waals surface area (Å²) in [5, 5.41) is 0.672. The highest BCUT2D eigenvalue weighted by Gasteiger charge is 2.31. The van der Waals surface area contributed by atoms with Gasteiger partial charge in [0, 0.05) is 35.3 Å². The predicted octanol–water partition coefficient (Wildman–Crippen LogP) is 6.24. The van der Waals surface area contributed by atoms with Crippen LogP contribution in [0.4, 0.5) is 0 Å². The Kier molecular flexibility index (Phi) is 6.62. The van der Waals surface area contributed by atoms with Crippen LogP contribution in [0.15, 0.2) is 54.6 Å². The average molecular weight is 369 g/mol. The van der Waals surface area contributed by atoms with Crippen molar-refractivity contribution in [1.82, 2.24) is 0 Å². The van der Waals surface area contributed by atoms with Crippen molar-refractivity contribution in [3.63, 3.8) is 0 Å². The van der Waals surface area contributed by atoms with E-state index in [1.807, 2.05) is 54.6 Å². The Morgan fingerprint density at radius 3 is 2.38 bits per heavy atom. The molecule has 2 nitrogen and oxygen atoms in total. The zero-order valence-corrected chi connectivity index (χ0v) is 15.8. The summed E-state index contributed by atoms with van der Waals surface area (Å²) in [4.78, 5) is 25.7. The van der Waals surface area contributed by atoms with E-state index in [9.17, 15) is 9.59 Å². The zero-order valence-electron chi connectivity index (χ0n) is 15.0. The van der Waals surface area contributed by atoms with Gasteiger partial charge in [-0.3, -0.25) is 9.59 Å². The van der Waals surface area contributed by atoms with Gasteiger partial charge in [0.15, 0.2) is 5.78 Å². The maximum Gasteiger partial charge on any atom is 0.163 e. The van der Waals surface area contributed by atoms with Crippen LogP contribution in [0.2, 0.25) is 5.02 Å². The number of halogens is 1. The van der Waals surface area contributed by atoms with E-state index in [2.05, 4.69) is 0 Å². The fraction of sp³-hybridized carbons (Fsp3) is 0.391. The molecule has 2 unspecified atom stereocenters. The van der Waals surface area contributed by atoms with Crippen molar-refractivity contribution in [1.29, 1.82) is 0 Å². The van der Waals surface area contributed by atoms with Gasteiger partial charge in [-0.25, -0.2) is 0 Å². The Balaban J connectivity index is 1.89. The number of benzene rings is 2. The van der Waals surface area contributed by atoms with Gasteiger partial charge in [-0.05, 0) is 30.5 Å². The molecular formula is C23H25ClO2. The number of carbonyl (C=O) groups is 2. The van der Waals surface area contributed by atoms with E-state index in [-0.39, 0.29) is 17.6 Å². The predicted molar refractivity (Wildman–Crippen MR) is 106 cm³/mol. The summed E-state index contributed by atoms with van der Waals surface area (Å²) in [6, 6.07) is 17.0. The first kappa shape index (κ1) is 18.8. The lowest BCUT2D eigenvalue weighted by molar-refractivity contribution is -0.124. The average Bonchev–Trinajstić information content (AvgIpc) is 2.65. The second-order valence-electron chi connectivity index (χ2n) is 7.18. The molecule has 0 saturated heterocycles. The Bertz CT molecular complexity index is 737. The molecule has 26 heavy (non-hydrogen) atoms. The van der Waals surface area contributed by atoms with E-state index in [1.165, 1.54) is 6.42 Å². The van der Waals surface area contributed by atoms with Crippen LogP contribution in [0.5, 0.6) is 0 Å². The molecule has 2 aromatic rings. The zero-order chi connectivity index (χ0) is 18.4. The second kappa shape index (κ2) is 9.14. The molecule has 0 aromatic heterocycles. The van der Waals surface area contributed by atoms with Gasteiger partial charge in [0.1, 0.15) is 5.78 Å². The van der Waals surface area contributed by atoms with E-state index < -0.39 is 0 Å². The lowest BCUT2D eigenvalue weighted by Gasteiger charge is -2.28. The molecule has 0 bridgehead atoms. The van der Waals surface area contributed by atoms with Crippen molar-refractivity contribution in [3.8, 4) is 0 Å². The number of Topliss-reactive ketones (excluding diaryl/α,β-unsaturated/α-hetero) is 2. The third-order valence-corrected chi connectivity index (χ3v) is 5.64. The molecular weight excluding hydrogens is 344 g/mol. The van der Waals surface area contributed by atoms with Crippen molar-refractivity contribution in [2.45, 2.75) is 50.9 Å². The third kappa shape index (κ3) is 4.82. The van der Waals surface area contributed by atoms with Crippen molar-refractivity contribution in [2.24, 2.45) is 5.92 Å². The van der Waals surface area contributed by atoms with Crippen LogP contribution in [0.3, 0.4) is 0 Å². The monoisotopic (exact) mass is 368 g/mol. The van der Waals surface area contributed by atoms with Crippen LogP contribution in [0.1, 0.15) is 66.8 Å². The van der Waals surface area contributed by atoms with Gasteiger partial charge in [-0.2, -0.15) is 0 Å². The molecule has 0 N–H and O–H groups in total. The second-order valence-corrected chi connectivity index (χ2v) is 7.61. The Labute approximate surface area is 160 Å². The maximum atomic E-state index is 12.9. The molecule has 3 heteroatoms. The molecule has 2 atom stereocenters. The molecule has 0 radical (unpaired) electrons. The first-order valence-electron chi connectivity index (χ1n) is 9.51. The van der Waals surface area contributed by atoms with E-state index >= 15 is 0 Å². The number of hydrogen-bond donors (Lipinski definition) is 0. The van der Waals surface area contributed by atoms with Crippen LogP contribution >= 0.6 is 11.6 Å². The quantitative estimate of drug-likeness (QED) is 0.585. The minimum absolute atomic E-state index is 0.0782. The van der Waals surface area contributed by atoms with Gasteiger partial charge in [0.25, 0.3) is 0 Å². The minimum atomic E-state index is -0.0795. The normalized spacial score (nSPS) is 19.4. The van der Waals surface area contributed by atoms with Crippen LogP contribution in [0, 0.1) is 5.92 Å². The highest BCUT2D eigenvalue weighted by molar-refractivity contribution is 6.30.